The summed E-state index contributed by atoms with van der Waals surface area (Å²) in [7, 11) is 0. The van der Waals surface area contributed by atoms with Crippen LogP contribution in [0.15, 0.2) is 12.5 Å². The van der Waals surface area contributed by atoms with Gasteiger partial charge in [-0.2, -0.15) is 0 Å². The fourth-order valence-electron chi connectivity index (χ4n) is 1.52. The number of nitrogens with two attached hydrogens (primary N) is 1. The molecule has 5 N–H and O–H groups in total. The summed E-state index contributed by atoms with van der Waals surface area (Å²) >= 11 is 0. The second-order valence-electron chi connectivity index (χ2n) is 4.21. The number of hydrogen-bond acceptors (Lipinski definition) is 5. The molecule has 0 radical (unpaired) electrons. The van der Waals surface area contributed by atoms with E-state index in [1.54, 1.807) is 6.92 Å². The van der Waals surface area contributed by atoms with Crippen molar-refractivity contribution in [2.45, 2.75) is 19.4 Å². The molecule has 1 rings (SSSR count). The molecule has 0 bridgehead atoms. The van der Waals surface area contributed by atoms with Gasteiger partial charge in [-0.25, -0.2) is 14.3 Å². The fourth-order valence-corrected chi connectivity index (χ4v) is 1.52. The lowest BCUT2D eigenvalue weighted by Crippen LogP contribution is -2.43. The highest BCUT2D eigenvalue weighted by molar-refractivity contribution is 5.85. The van der Waals surface area contributed by atoms with Crippen molar-refractivity contribution in [3.05, 3.63) is 18.2 Å². The number of aromatic nitrogens is 2. The molecular formula is C11H17N5O4. The van der Waals surface area contributed by atoms with Crippen molar-refractivity contribution in [1.29, 1.82) is 0 Å². The molecule has 110 valence electrons. The largest absolute Gasteiger partial charge is 0.464 e. The van der Waals surface area contributed by atoms with Crippen LogP contribution in [0.5, 0.6) is 0 Å². The molecule has 0 aliphatic rings. The van der Waals surface area contributed by atoms with Crippen molar-refractivity contribution in [2.75, 3.05) is 13.1 Å². The maximum Gasteiger partial charge on any atom is 0.416 e. The maximum atomic E-state index is 11.5. The highest BCUT2D eigenvalue weighted by Gasteiger charge is 2.11. The van der Waals surface area contributed by atoms with Crippen LogP contribution in [-0.4, -0.2) is 51.7 Å². The molecule has 0 fully saturated rings. The molecule has 0 spiro atoms. The van der Waals surface area contributed by atoms with Crippen LogP contribution in [-0.2, 0) is 16.0 Å². The average Bonchev–Trinajstić information content (AvgIpc) is 2.84. The van der Waals surface area contributed by atoms with Gasteiger partial charge in [-0.05, 0) is 6.92 Å². The van der Waals surface area contributed by atoms with Crippen molar-refractivity contribution in [2.24, 2.45) is 5.73 Å². The van der Waals surface area contributed by atoms with Crippen LogP contribution in [0.4, 0.5) is 4.79 Å². The Bertz CT molecular complexity index is 499. The number of carbonyl (C=O) groups is 3. The van der Waals surface area contributed by atoms with Gasteiger partial charge in [0, 0.05) is 18.7 Å². The van der Waals surface area contributed by atoms with Crippen LogP contribution >= 0.6 is 0 Å². The number of amides is 2. The molecule has 1 heterocycles. The van der Waals surface area contributed by atoms with Gasteiger partial charge in [-0.3, -0.25) is 9.59 Å². The van der Waals surface area contributed by atoms with Crippen molar-refractivity contribution < 1.29 is 19.5 Å². The molecule has 1 atom stereocenters. The van der Waals surface area contributed by atoms with Gasteiger partial charge in [0.2, 0.25) is 11.8 Å². The summed E-state index contributed by atoms with van der Waals surface area (Å²) in [5, 5.41) is 13.7. The summed E-state index contributed by atoms with van der Waals surface area (Å²) in [6.07, 6.45) is 1.83. The van der Waals surface area contributed by atoms with Gasteiger partial charge in [0.25, 0.3) is 0 Å². The van der Waals surface area contributed by atoms with Gasteiger partial charge < -0.3 is 21.5 Å². The van der Waals surface area contributed by atoms with Crippen molar-refractivity contribution in [3.63, 3.8) is 0 Å². The van der Waals surface area contributed by atoms with E-state index in [2.05, 4.69) is 15.6 Å². The van der Waals surface area contributed by atoms with Gasteiger partial charge in [-0.1, -0.05) is 0 Å². The average molecular weight is 283 g/mol. The lowest BCUT2D eigenvalue weighted by molar-refractivity contribution is -0.125. The van der Waals surface area contributed by atoms with Crippen LogP contribution in [0.3, 0.4) is 0 Å². The lowest BCUT2D eigenvalue weighted by Gasteiger charge is -2.12. The molecule has 9 nitrogen and oxygen atoms in total. The van der Waals surface area contributed by atoms with E-state index in [0.717, 1.165) is 4.57 Å². The number of imidazole rings is 1. The minimum atomic E-state index is -1.12. The highest BCUT2D eigenvalue weighted by Crippen LogP contribution is 2.00. The minimum absolute atomic E-state index is 0.149. The Morgan fingerprint density at radius 3 is 2.70 bits per heavy atom. The molecule has 9 heteroatoms. The SMILES string of the molecule is C[C@H](Cc1cn(C(=O)O)cn1)NC(=O)CNC(=O)CN. The Morgan fingerprint density at radius 2 is 2.15 bits per heavy atom. The van der Waals surface area contributed by atoms with Crippen molar-refractivity contribution in [1.82, 2.24) is 20.2 Å². The van der Waals surface area contributed by atoms with E-state index in [-0.39, 0.29) is 25.0 Å². The molecule has 2 amide bonds. The molecule has 0 saturated heterocycles. The molecule has 0 aliphatic carbocycles. The highest BCUT2D eigenvalue weighted by atomic mass is 16.4. The molecular weight excluding hydrogens is 266 g/mol. The second-order valence-corrected chi connectivity index (χ2v) is 4.21. The number of nitrogens with one attached hydrogen (secondary N) is 2. The van der Waals surface area contributed by atoms with Crippen LogP contribution in [0, 0.1) is 0 Å². The Kier molecular flexibility index (Phi) is 5.66. The normalized spacial score (nSPS) is 11.7. The topological polar surface area (TPSA) is 139 Å². The first kappa shape index (κ1) is 15.6. The van der Waals surface area contributed by atoms with E-state index in [4.69, 9.17) is 10.8 Å². The monoisotopic (exact) mass is 283 g/mol. The first-order valence-electron chi connectivity index (χ1n) is 5.94. The first-order chi connectivity index (χ1) is 9.42. The van der Waals surface area contributed by atoms with E-state index >= 15 is 0 Å². The smallest absolute Gasteiger partial charge is 0.416 e. The van der Waals surface area contributed by atoms with E-state index in [1.165, 1.54) is 12.5 Å². The zero-order valence-corrected chi connectivity index (χ0v) is 11.0. The van der Waals surface area contributed by atoms with Gasteiger partial charge in [0.05, 0.1) is 18.8 Å². The maximum absolute atomic E-state index is 11.5. The third-order valence-electron chi connectivity index (χ3n) is 2.41. The van der Waals surface area contributed by atoms with E-state index < -0.39 is 12.0 Å². The van der Waals surface area contributed by atoms with Crippen LogP contribution in [0.1, 0.15) is 12.6 Å². The zero-order chi connectivity index (χ0) is 15.1. The summed E-state index contributed by atoms with van der Waals surface area (Å²) in [4.78, 5) is 36.9. The number of nitrogens with zero attached hydrogens (tertiary/aromatic N) is 2. The standard InChI is InChI=1S/C11H17N5O4/c1-7(15-10(18)4-13-9(17)3-12)2-8-5-16(6-14-8)11(19)20/h5-7H,2-4,12H2,1H3,(H,13,17)(H,15,18)(H,19,20)/t7-/m1/s1. The number of hydrogen-bond donors (Lipinski definition) is 4. The third kappa shape index (κ3) is 5.06. The first-order valence-corrected chi connectivity index (χ1v) is 5.94. The third-order valence-corrected chi connectivity index (χ3v) is 2.41. The van der Waals surface area contributed by atoms with E-state index in [9.17, 15) is 14.4 Å². The predicted octanol–water partition coefficient (Wildman–Crippen LogP) is -1.47. The number of carbonyl (C=O) groups excluding carboxylic acids is 2. The summed E-state index contributed by atoms with van der Waals surface area (Å²) < 4.78 is 0.936. The predicted molar refractivity (Wildman–Crippen MR) is 69.0 cm³/mol. The molecule has 1 aromatic rings. The molecule has 0 aliphatic heterocycles. The van der Waals surface area contributed by atoms with Gasteiger partial charge in [0.15, 0.2) is 0 Å². The number of rotatable bonds is 6. The Morgan fingerprint density at radius 1 is 1.45 bits per heavy atom. The molecule has 20 heavy (non-hydrogen) atoms. The van der Waals surface area contributed by atoms with Crippen molar-refractivity contribution >= 4 is 17.9 Å². The second kappa shape index (κ2) is 7.24. The van der Waals surface area contributed by atoms with E-state index in [1.807, 2.05) is 0 Å². The Hall–Kier alpha value is -2.42. The summed E-state index contributed by atoms with van der Waals surface area (Å²) in [5.74, 6) is -0.759. The van der Waals surface area contributed by atoms with Crippen LogP contribution in [0.25, 0.3) is 0 Å². The molecule has 0 aromatic carbocycles. The molecule has 0 saturated carbocycles. The lowest BCUT2D eigenvalue weighted by atomic mass is 10.2. The fraction of sp³-hybridized carbons (Fsp3) is 0.455. The van der Waals surface area contributed by atoms with Crippen LogP contribution in [0.2, 0.25) is 0 Å². The number of carboxylic acid groups (broad SMARTS) is 1. The summed E-state index contributed by atoms with van der Waals surface area (Å²) in [6.45, 7) is 1.43. The van der Waals surface area contributed by atoms with Crippen molar-refractivity contribution in [3.8, 4) is 0 Å². The van der Waals surface area contributed by atoms with Crippen LogP contribution < -0.4 is 16.4 Å². The molecule has 1 aromatic heterocycles. The Balaban J connectivity index is 2.38. The van der Waals surface area contributed by atoms with Gasteiger partial charge in [-0.15, -0.1) is 0 Å². The zero-order valence-electron chi connectivity index (χ0n) is 11.0. The Labute approximate surface area is 115 Å². The summed E-state index contributed by atoms with van der Waals surface area (Å²) in [5.41, 5.74) is 5.63. The minimum Gasteiger partial charge on any atom is -0.464 e. The quantitative estimate of drug-likeness (QED) is 0.502. The van der Waals surface area contributed by atoms with E-state index in [0.29, 0.717) is 12.1 Å². The summed E-state index contributed by atoms with van der Waals surface area (Å²) in [6, 6.07) is -0.241. The van der Waals surface area contributed by atoms with Gasteiger partial charge >= 0.3 is 6.09 Å². The molecule has 0 unspecified atom stereocenters. The van der Waals surface area contributed by atoms with Gasteiger partial charge in [0.1, 0.15) is 6.33 Å².